The molecule has 1 atom stereocenters. The first kappa shape index (κ1) is 21.7. The van der Waals surface area contributed by atoms with E-state index in [4.69, 9.17) is 21.1 Å². The smallest absolute Gasteiger partial charge is 0.230 e. The molecule has 1 aliphatic heterocycles. The summed E-state index contributed by atoms with van der Waals surface area (Å²) < 4.78 is 12.8. The largest absolute Gasteiger partial charge is 0.497 e. The Labute approximate surface area is 190 Å². The van der Waals surface area contributed by atoms with Gasteiger partial charge >= 0.3 is 0 Å². The fourth-order valence-electron chi connectivity index (χ4n) is 3.35. The molecule has 1 fully saturated rings. The van der Waals surface area contributed by atoms with Gasteiger partial charge in [0, 0.05) is 29.4 Å². The number of ether oxygens (including phenoxy) is 2. The lowest BCUT2D eigenvalue weighted by Crippen LogP contribution is -2.32. The molecule has 1 amide bonds. The summed E-state index contributed by atoms with van der Waals surface area (Å²) in [5.41, 5.74) is 1.71. The van der Waals surface area contributed by atoms with Crippen molar-refractivity contribution in [3.63, 3.8) is 0 Å². The van der Waals surface area contributed by atoms with Gasteiger partial charge in [-0.05, 0) is 49.2 Å². The van der Waals surface area contributed by atoms with Gasteiger partial charge in [-0.25, -0.2) is 0 Å². The third kappa shape index (κ3) is 5.39. The summed E-state index contributed by atoms with van der Waals surface area (Å²) >= 11 is 7.41. The highest BCUT2D eigenvalue weighted by Gasteiger charge is 2.19. The highest BCUT2D eigenvalue weighted by Crippen LogP contribution is 2.30. The maximum Gasteiger partial charge on any atom is 0.230 e. The number of aromatic nitrogens is 3. The molecule has 0 bridgehead atoms. The third-order valence-electron chi connectivity index (χ3n) is 4.93. The predicted octanol–water partition coefficient (Wildman–Crippen LogP) is 3.98. The highest BCUT2D eigenvalue weighted by molar-refractivity contribution is 7.99. The van der Waals surface area contributed by atoms with Crippen LogP contribution >= 0.6 is 23.4 Å². The molecule has 4 rings (SSSR count). The number of nitrogens with one attached hydrogen (secondary N) is 1. The van der Waals surface area contributed by atoms with Gasteiger partial charge in [0.2, 0.25) is 5.91 Å². The molecule has 2 heterocycles. The van der Waals surface area contributed by atoms with Gasteiger partial charge in [0.1, 0.15) is 5.75 Å². The van der Waals surface area contributed by atoms with E-state index in [1.807, 2.05) is 53.1 Å². The number of hydrogen-bond donors (Lipinski definition) is 1. The van der Waals surface area contributed by atoms with E-state index in [-0.39, 0.29) is 17.8 Å². The van der Waals surface area contributed by atoms with Crippen LogP contribution in [0.3, 0.4) is 0 Å². The second-order valence-electron chi connectivity index (χ2n) is 7.08. The molecule has 0 spiro atoms. The average molecular weight is 459 g/mol. The topological polar surface area (TPSA) is 78.3 Å². The number of methoxy groups -OCH3 is 1. The summed E-state index contributed by atoms with van der Waals surface area (Å²) in [6, 6.07) is 15.1. The summed E-state index contributed by atoms with van der Waals surface area (Å²) in [6.07, 6.45) is 2.15. The van der Waals surface area contributed by atoms with E-state index in [1.54, 1.807) is 7.11 Å². The van der Waals surface area contributed by atoms with Gasteiger partial charge in [-0.15, -0.1) is 10.2 Å². The maximum atomic E-state index is 12.3. The molecule has 1 saturated heterocycles. The Morgan fingerprint density at radius 2 is 2.13 bits per heavy atom. The van der Waals surface area contributed by atoms with E-state index >= 15 is 0 Å². The number of rotatable bonds is 8. The Morgan fingerprint density at radius 3 is 2.87 bits per heavy atom. The van der Waals surface area contributed by atoms with E-state index in [1.165, 1.54) is 11.8 Å². The van der Waals surface area contributed by atoms with Gasteiger partial charge in [-0.1, -0.05) is 35.5 Å². The maximum absolute atomic E-state index is 12.3. The molecule has 1 N–H and O–H groups in total. The summed E-state index contributed by atoms with van der Waals surface area (Å²) in [6.45, 7) is 1.31. The molecule has 9 heteroatoms. The van der Waals surface area contributed by atoms with Crippen LogP contribution < -0.4 is 10.1 Å². The second-order valence-corrected chi connectivity index (χ2v) is 8.46. The molecule has 162 valence electrons. The van der Waals surface area contributed by atoms with E-state index < -0.39 is 0 Å². The minimum Gasteiger partial charge on any atom is -0.497 e. The number of halogens is 1. The molecule has 0 aliphatic carbocycles. The van der Waals surface area contributed by atoms with Crippen LogP contribution in [0.4, 0.5) is 0 Å². The lowest BCUT2D eigenvalue weighted by Gasteiger charge is -2.12. The molecular formula is C22H23ClN4O3S. The monoisotopic (exact) mass is 458 g/mol. The van der Waals surface area contributed by atoms with Crippen LogP contribution in [0.5, 0.6) is 5.75 Å². The van der Waals surface area contributed by atoms with Crippen molar-refractivity contribution in [1.29, 1.82) is 0 Å². The lowest BCUT2D eigenvalue weighted by atomic mass is 10.2. The minimum absolute atomic E-state index is 0.0610. The molecule has 1 aromatic heterocycles. The molecule has 0 unspecified atom stereocenters. The lowest BCUT2D eigenvalue weighted by molar-refractivity contribution is -0.119. The fourth-order valence-corrected chi connectivity index (χ4v) is 4.26. The number of amides is 1. The first-order valence-electron chi connectivity index (χ1n) is 10.0. The third-order valence-corrected chi connectivity index (χ3v) is 6.11. The van der Waals surface area contributed by atoms with Crippen LogP contribution in [0.1, 0.15) is 12.8 Å². The van der Waals surface area contributed by atoms with Gasteiger partial charge in [0.05, 0.1) is 19.0 Å². The summed E-state index contributed by atoms with van der Waals surface area (Å²) in [4.78, 5) is 12.3. The molecule has 31 heavy (non-hydrogen) atoms. The summed E-state index contributed by atoms with van der Waals surface area (Å²) in [7, 11) is 1.62. The second kappa shape index (κ2) is 10.2. The minimum atomic E-state index is -0.0610. The van der Waals surface area contributed by atoms with Crippen LogP contribution in [0, 0.1) is 0 Å². The normalized spacial score (nSPS) is 15.7. The quantitative estimate of drug-likeness (QED) is 0.514. The SMILES string of the molecule is COc1cccc(-c2nnc(SCC(=O)NC[C@H]3CCCO3)n2-c2ccc(Cl)cc2)c1. The molecule has 3 aromatic rings. The molecule has 7 nitrogen and oxygen atoms in total. The number of thioether (sulfide) groups is 1. The molecule has 1 aliphatic rings. The zero-order valence-corrected chi connectivity index (χ0v) is 18.7. The van der Waals surface area contributed by atoms with Crippen molar-refractivity contribution in [2.75, 3.05) is 26.0 Å². The average Bonchev–Trinajstić information content (AvgIpc) is 3.47. The van der Waals surface area contributed by atoms with Crippen LogP contribution in [0.25, 0.3) is 17.1 Å². The zero-order chi connectivity index (χ0) is 21.6. The van der Waals surface area contributed by atoms with E-state index in [2.05, 4.69) is 15.5 Å². The first-order valence-corrected chi connectivity index (χ1v) is 11.4. The zero-order valence-electron chi connectivity index (χ0n) is 17.1. The standard InChI is InChI=1S/C22H23ClN4O3S/c1-29-18-5-2-4-15(12-18)21-25-26-22(27(21)17-9-7-16(23)8-10-17)31-14-20(28)24-13-19-6-3-11-30-19/h2,4-5,7-10,12,19H,3,6,11,13-14H2,1H3,(H,24,28)/t19-/m1/s1. The number of carbonyl (C=O) groups is 1. The van der Waals surface area contributed by atoms with Gasteiger partial charge in [0.15, 0.2) is 11.0 Å². The van der Waals surface area contributed by atoms with E-state index in [0.717, 1.165) is 36.4 Å². The number of carbonyl (C=O) groups excluding carboxylic acids is 1. The van der Waals surface area contributed by atoms with E-state index in [9.17, 15) is 4.79 Å². The van der Waals surface area contributed by atoms with Crippen molar-refractivity contribution < 1.29 is 14.3 Å². The van der Waals surface area contributed by atoms with Crippen molar-refractivity contribution in [3.05, 3.63) is 53.6 Å². The number of benzene rings is 2. The van der Waals surface area contributed by atoms with Crippen molar-refractivity contribution in [3.8, 4) is 22.8 Å². The van der Waals surface area contributed by atoms with Crippen LogP contribution in [0.15, 0.2) is 53.7 Å². The van der Waals surface area contributed by atoms with Crippen LogP contribution in [-0.2, 0) is 9.53 Å². The van der Waals surface area contributed by atoms with Crippen molar-refractivity contribution >= 4 is 29.3 Å². The molecule has 0 radical (unpaired) electrons. The van der Waals surface area contributed by atoms with Crippen molar-refractivity contribution in [2.24, 2.45) is 0 Å². The first-order chi connectivity index (χ1) is 15.1. The van der Waals surface area contributed by atoms with Gasteiger partial charge in [-0.3, -0.25) is 9.36 Å². The molecular weight excluding hydrogens is 436 g/mol. The van der Waals surface area contributed by atoms with Crippen LogP contribution in [0.2, 0.25) is 5.02 Å². The van der Waals surface area contributed by atoms with Gasteiger partial charge in [0.25, 0.3) is 0 Å². The summed E-state index contributed by atoms with van der Waals surface area (Å²) in [5, 5.41) is 13.0. The van der Waals surface area contributed by atoms with E-state index in [0.29, 0.717) is 22.5 Å². The predicted molar refractivity (Wildman–Crippen MR) is 121 cm³/mol. The number of nitrogens with zero attached hydrogens (tertiary/aromatic N) is 3. The Morgan fingerprint density at radius 1 is 1.29 bits per heavy atom. The van der Waals surface area contributed by atoms with Crippen molar-refractivity contribution in [2.45, 2.75) is 24.1 Å². The van der Waals surface area contributed by atoms with Gasteiger partial charge in [-0.2, -0.15) is 0 Å². The summed E-state index contributed by atoms with van der Waals surface area (Å²) in [5.74, 6) is 1.56. The number of hydrogen-bond acceptors (Lipinski definition) is 6. The Hall–Kier alpha value is -2.55. The fraction of sp³-hybridized carbons (Fsp3) is 0.318. The Bertz CT molecular complexity index is 1040. The Balaban J connectivity index is 1.56. The van der Waals surface area contributed by atoms with Gasteiger partial charge < -0.3 is 14.8 Å². The molecule has 2 aromatic carbocycles. The molecule has 0 saturated carbocycles. The van der Waals surface area contributed by atoms with Crippen molar-refractivity contribution in [1.82, 2.24) is 20.1 Å². The van der Waals surface area contributed by atoms with Crippen LogP contribution in [-0.4, -0.2) is 52.8 Å². The Kier molecular flexibility index (Phi) is 7.11. The highest BCUT2D eigenvalue weighted by atomic mass is 35.5.